The lowest BCUT2D eigenvalue weighted by atomic mass is 9.81. The Kier molecular flexibility index (Phi) is 8.90. The lowest BCUT2D eigenvalue weighted by molar-refractivity contribution is -0.139. The zero-order valence-corrected chi connectivity index (χ0v) is 20.0. The summed E-state index contributed by atoms with van der Waals surface area (Å²) in [5.41, 5.74) is 1.56. The third-order valence-electron chi connectivity index (χ3n) is 5.10. The molecule has 0 saturated heterocycles. The lowest BCUT2D eigenvalue weighted by Crippen LogP contribution is -2.36. The average molecular weight is 504 g/mol. The maximum atomic E-state index is 13.3. The Balaban J connectivity index is 2.00. The highest BCUT2D eigenvalue weighted by Gasteiger charge is 2.38. The summed E-state index contributed by atoms with van der Waals surface area (Å²) in [6, 6.07) is 14.2. The average Bonchev–Trinajstić information content (AvgIpc) is 2.84. The van der Waals surface area contributed by atoms with Crippen LogP contribution in [0.3, 0.4) is 0 Å². The van der Waals surface area contributed by atoms with Crippen molar-refractivity contribution in [1.29, 1.82) is 0 Å². The van der Waals surface area contributed by atoms with Crippen LogP contribution in [-0.4, -0.2) is 44.2 Å². The molecule has 1 aliphatic heterocycles. The number of carboxylic acid groups (broad SMARTS) is 1. The molecule has 1 aliphatic rings. The van der Waals surface area contributed by atoms with Gasteiger partial charge in [-0.15, -0.1) is 0 Å². The van der Waals surface area contributed by atoms with Gasteiger partial charge in [0.2, 0.25) is 0 Å². The zero-order chi connectivity index (χ0) is 24.7. The van der Waals surface area contributed by atoms with Gasteiger partial charge >= 0.3 is 11.9 Å². The van der Waals surface area contributed by atoms with E-state index in [9.17, 15) is 14.7 Å². The molecule has 7 nitrogen and oxygen atoms in total. The quantitative estimate of drug-likeness (QED) is 0.375. The largest absolute Gasteiger partial charge is 0.478 e. The Morgan fingerprint density at radius 1 is 1.09 bits per heavy atom. The van der Waals surface area contributed by atoms with Crippen molar-refractivity contribution in [3.05, 3.63) is 98.8 Å². The van der Waals surface area contributed by atoms with E-state index in [1.54, 1.807) is 12.1 Å². The van der Waals surface area contributed by atoms with Gasteiger partial charge in [0.1, 0.15) is 6.61 Å². The van der Waals surface area contributed by atoms with Crippen molar-refractivity contribution in [3.63, 3.8) is 0 Å². The molecule has 0 bridgehead atoms. The predicted molar refractivity (Wildman–Crippen MR) is 129 cm³/mol. The summed E-state index contributed by atoms with van der Waals surface area (Å²) in [6.07, 6.45) is 3.82. The van der Waals surface area contributed by atoms with Crippen LogP contribution >= 0.6 is 23.2 Å². The molecule has 0 amide bonds. The minimum atomic E-state index is -1.22. The van der Waals surface area contributed by atoms with Crippen LogP contribution in [0.5, 0.6) is 0 Å². The molecule has 1 atom stereocenters. The van der Waals surface area contributed by atoms with Crippen molar-refractivity contribution in [2.45, 2.75) is 12.2 Å². The second kappa shape index (κ2) is 11.9. The molecule has 0 aromatic heterocycles. The molecular weight excluding hydrogens is 481 g/mol. The SMILES string of the molecule is COC(OC)C1=C(C(=O)OC/C=C/c2ccccc2)C(c2ccc(Cl)c(Cl)c2)C(C(=O)O)=CN1. The minimum absolute atomic E-state index is 0.0279. The van der Waals surface area contributed by atoms with E-state index in [1.165, 1.54) is 32.6 Å². The molecule has 3 rings (SSSR count). The first-order valence-electron chi connectivity index (χ1n) is 10.2. The van der Waals surface area contributed by atoms with Crippen LogP contribution < -0.4 is 5.32 Å². The Morgan fingerprint density at radius 3 is 2.41 bits per heavy atom. The molecule has 9 heteroatoms. The molecule has 0 aliphatic carbocycles. The fraction of sp³-hybridized carbons (Fsp3) is 0.200. The topological polar surface area (TPSA) is 94.1 Å². The Hall–Kier alpha value is -3.10. The number of methoxy groups -OCH3 is 2. The molecule has 2 aromatic rings. The molecule has 0 saturated carbocycles. The summed E-state index contributed by atoms with van der Waals surface area (Å²) in [5.74, 6) is -2.97. The summed E-state index contributed by atoms with van der Waals surface area (Å²) >= 11 is 12.2. The summed E-state index contributed by atoms with van der Waals surface area (Å²) in [6.45, 7) is -0.0324. The van der Waals surface area contributed by atoms with Gasteiger partial charge in [0.05, 0.1) is 32.8 Å². The molecule has 1 unspecified atom stereocenters. The zero-order valence-electron chi connectivity index (χ0n) is 18.5. The first kappa shape index (κ1) is 25.5. The van der Waals surface area contributed by atoms with Crippen LogP contribution in [0, 0.1) is 0 Å². The lowest BCUT2D eigenvalue weighted by Gasteiger charge is -2.30. The summed E-state index contributed by atoms with van der Waals surface area (Å²) < 4.78 is 16.2. The summed E-state index contributed by atoms with van der Waals surface area (Å²) in [5, 5.41) is 13.2. The molecule has 0 spiro atoms. The molecule has 2 N–H and O–H groups in total. The number of esters is 1. The summed E-state index contributed by atoms with van der Waals surface area (Å²) in [7, 11) is 2.80. The van der Waals surface area contributed by atoms with Gasteiger partial charge in [-0.05, 0) is 29.3 Å². The van der Waals surface area contributed by atoms with Crippen LogP contribution in [0.25, 0.3) is 6.08 Å². The number of rotatable bonds is 9. The van der Waals surface area contributed by atoms with E-state index in [0.717, 1.165) is 5.56 Å². The first-order valence-corrected chi connectivity index (χ1v) is 11.0. The second-order valence-corrected chi connectivity index (χ2v) is 8.01. The number of halogens is 2. The molecule has 2 aromatic carbocycles. The molecule has 1 heterocycles. The van der Waals surface area contributed by atoms with Gasteiger partial charge in [0.25, 0.3) is 0 Å². The van der Waals surface area contributed by atoms with Crippen LogP contribution in [0.4, 0.5) is 0 Å². The monoisotopic (exact) mass is 503 g/mol. The van der Waals surface area contributed by atoms with Gasteiger partial charge in [0, 0.05) is 20.4 Å². The number of ether oxygens (including phenoxy) is 3. The molecule has 178 valence electrons. The second-order valence-electron chi connectivity index (χ2n) is 7.20. The third-order valence-corrected chi connectivity index (χ3v) is 5.84. The van der Waals surface area contributed by atoms with Crippen molar-refractivity contribution in [2.75, 3.05) is 20.8 Å². The van der Waals surface area contributed by atoms with Crippen LogP contribution in [-0.2, 0) is 23.8 Å². The van der Waals surface area contributed by atoms with Crippen molar-refractivity contribution in [2.24, 2.45) is 0 Å². The number of carbonyl (C=O) groups excluding carboxylic acids is 1. The standard InChI is InChI=1S/C25H23Cl2NO6/c1-32-25(33-2)22-21(24(31)34-12-6-9-15-7-4-3-5-8-15)20(17(14-28-22)23(29)30)16-10-11-18(26)19(27)13-16/h3-11,13-14,20,25,28H,12H2,1-2H3,(H,29,30)/b9-6+. The summed E-state index contributed by atoms with van der Waals surface area (Å²) in [4.78, 5) is 25.4. The number of hydrogen-bond donors (Lipinski definition) is 2. The maximum absolute atomic E-state index is 13.3. The number of nitrogens with one attached hydrogen (secondary N) is 1. The van der Waals surface area contributed by atoms with Gasteiger partial charge in [-0.3, -0.25) is 0 Å². The van der Waals surface area contributed by atoms with Crippen molar-refractivity contribution < 1.29 is 28.9 Å². The third kappa shape index (κ3) is 5.87. The highest BCUT2D eigenvalue weighted by atomic mass is 35.5. The van der Waals surface area contributed by atoms with Gasteiger partial charge in [-0.25, -0.2) is 9.59 Å². The number of carboxylic acids is 1. The smallest absolute Gasteiger partial charge is 0.337 e. The van der Waals surface area contributed by atoms with Gasteiger partial charge in [0.15, 0.2) is 6.29 Å². The van der Waals surface area contributed by atoms with E-state index in [4.69, 9.17) is 37.4 Å². The Morgan fingerprint density at radius 2 is 1.79 bits per heavy atom. The van der Waals surface area contributed by atoms with Gasteiger partial charge in [-0.2, -0.15) is 0 Å². The molecule has 0 fully saturated rings. The number of aliphatic carboxylic acids is 1. The van der Waals surface area contributed by atoms with E-state index in [1.807, 2.05) is 36.4 Å². The Bertz CT molecular complexity index is 1140. The fourth-order valence-electron chi connectivity index (χ4n) is 3.56. The van der Waals surface area contributed by atoms with E-state index >= 15 is 0 Å². The van der Waals surface area contributed by atoms with Crippen molar-refractivity contribution >= 4 is 41.2 Å². The molecular formula is C25H23Cl2NO6. The van der Waals surface area contributed by atoms with Crippen LogP contribution in [0.2, 0.25) is 10.0 Å². The molecule has 0 radical (unpaired) electrons. The number of dihydropyridines is 1. The van der Waals surface area contributed by atoms with Crippen molar-refractivity contribution in [1.82, 2.24) is 5.32 Å². The first-order chi connectivity index (χ1) is 16.4. The fourth-order valence-corrected chi connectivity index (χ4v) is 3.86. The predicted octanol–water partition coefficient (Wildman–Crippen LogP) is 4.78. The van der Waals surface area contributed by atoms with E-state index < -0.39 is 24.1 Å². The number of hydrogen-bond acceptors (Lipinski definition) is 6. The number of carbonyl (C=O) groups is 2. The highest BCUT2D eigenvalue weighted by Crippen LogP contribution is 2.39. The van der Waals surface area contributed by atoms with Gasteiger partial charge in [-0.1, -0.05) is 65.7 Å². The Labute approximate surface area is 207 Å². The van der Waals surface area contributed by atoms with Crippen LogP contribution in [0.15, 0.2) is 77.7 Å². The van der Waals surface area contributed by atoms with Crippen molar-refractivity contribution in [3.8, 4) is 0 Å². The minimum Gasteiger partial charge on any atom is -0.478 e. The van der Waals surface area contributed by atoms with E-state index in [2.05, 4.69) is 5.32 Å². The van der Waals surface area contributed by atoms with Gasteiger partial charge < -0.3 is 24.6 Å². The van der Waals surface area contributed by atoms with E-state index in [0.29, 0.717) is 10.6 Å². The van der Waals surface area contributed by atoms with Crippen LogP contribution in [0.1, 0.15) is 17.0 Å². The number of benzene rings is 2. The molecule has 34 heavy (non-hydrogen) atoms. The normalized spacial score (nSPS) is 15.9. The van der Waals surface area contributed by atoms with E-state index in [-0.39, 0.29) is 28.5 Å². The maximum Gasteiger partial charge on any atom is 0.337 e. The highest BCUT2D eigenvalue weighted by molar-refractivity contribution is 6.42.